The van der Waals surface area contributed by atoms with E-state index in [4.69, 9.17) is 16.7 Å². The summed E-state index contributed by atoms with van der Waals surface area (Å²) < 4.78 is 0. The molecule has 0 aliphatic rings. The van der Waals surface area contributed by atoms with Crippen LogP contribution in [0, 0.1) is 0 Å². The van der Waals surface area contributed by atoms with E-state index in [-0.39, 0.29) is 10.8 Å². The highest BCUT2D eigenvalue weighted by atomic mass is 35.5. The fourth-order valence-electron chi connectivity index (χ4n) is 1.21. The van der Waals surface area contributed by atoms with Crippen LogP contribution in [0.3, 0.4) is 0 Å². The summed E-state index contributed by atoms with van der Waals surface area (Å²) in [6.45, 7) is 1.84. The quantitative estimate of drug-likeness (QED) is 0.824. The predicted molar refractivity (Wildman–Crippen MR) is 60.8 cm³/mol. The van der Waals surface area contributed by atoms with E-state index in [9.17, 15) is 9.59 Å². The van der Waals surface area contributed by atoms with Crippen molar-refractivity contribution >= 4 is 23.5 Å². The smallest absolute Gasteiger partial charge is 0.326 e. The van der Waals surface area contributed by atoms with Crippen LogP contribution in [-0.2, 0) is 4.79 Å². The van der Waals surface area contributed by atoms with Gasteiger partial charge < -0.3 is 10.4 Å². The summed E-state index contributed by atoms with van der Waals surface area (Å²) in [5, 5.41) is 11.4. The number of hydrogen-bond acceptors (Lipinski definition) is 4. The SMILES string of the molecule is CCC[C@@H](NC(=O)c1cnc(Cl)cn1)C(=O)O. The first-order valence-electron chi connectivity index (χ1n) is 5.05. The predicted octanol–water partition coefficient (Wildman–Crippen LogP) is 1.11. The first kappa shape index (κ1) is 13.4. The summed E-state index contributed by atoms with van der Waals surface area (Å²) in [5.41, 5.74) is 0.0387. The van der Waals surface area contributed by atoms with Crippen molar-refractivity contribution in [3.05, 3.63) is 23.2 Å². The molecule has 0 aliphatic heterocycles. The van der Waals surface area contributed by atoms with Crippen LogP contribution in [0.4, 0.5) is 0 Å². The van der Waals surface area contributed by atoms with Gasteiger partial charge in [0.25, 0.3) is 5.91 Å². The van der Waals surface area contributed by atoms with E-state index >= 15 is 0 Å². The molecule has 1 aromatic rings. The van der Waals surface area contributed by atoms with E-state index < -0.39 is 17.9 Å². The minimum absolute atomic E-state index is 0.0387. The highest BCUT2D eigenvalue weighted by Gasteiger charge is 2.20. The van der Waals surface area contributed by atoms with Gasteiger partial charge in [0.2, 0.25) is 0 Å². The van der Waals surface area contributed by atoms with Crippen LogP contribution in [0.2, 0.25) is 5.15 Å². The Morgan fingerprint density at radius 2 is 2.18 bits per heavy atom. The van der Waals surface area contributed by atoms with Crippen LogP contribution in [0.15, 0.2) is 12.4 Å². The molecule has 0 bridgehead atoms. The van der Waals surface area contributed by atoms with Gasteiger partial charge in [0.15, 0.2) is 0 Å². The zero-order chi connectivity index (χ0) is 12.8. The van der Waals surface area contributed by atoms with Crippen LogP contribution < -0.4 is 5.32 Å². The number of carbonyl (C=O) groups excluding carboxylic acids is 1. The average Bonchev–Trinajstić information content (AvgIpc) is 2.29. The average molecular weight is 258 g/mol. The van der Waals surface area contributed by atoms with Crippen molar-refractivity contribution in [3.8, 4) is 0 Å². The Morgan fingerprint density at radius 3 is 2.65 bits per heavy atom. The number of halogens is 1. The van der Waals surface area contributed by atoms with Gasteiger partial charge in [-0.25, -0.2) is 14.8 Å². The minimum atomic E-state index is -1.07. The normalized spacial score (nSPS) is 11.9. The number of carboxylic acids is 1. The molecule has 92 valence electrons. The first-order valence-corrected chi connectivity index (χ1v) is 5.43. The van der Waals surface area contributed by atoms with Crippen LogP contribution in [0.5, 0.6) is 0 Å². The second-order valence-corrected chi connectivity index (χ2v) is 3.76. The highest BCUT2D eigenvalue weighted by molar-refractivity contribution is 6.29. The maximum absolute atomic E-state index is 11.6. The fourth-order valence-corrected chi connectivity index (χ4v) is 1.31. The zero-order valence-corrected chi connectivity index (χ0v) is 9.94. The summed E-state index contributed by atoms with van der Waals surface area (Å²) in [7, 11) is 0. The van der Waals surface area contributed by atoms with Crippen molar-refractivity contribution in [1.82, 2.24) is 15.3 Å². The Morgan fingerprint density at radius 1 is 1.47 bits per heavy atom. The molecule has 1 heterocycles. The molecule has 2 N–H and O–H groups in total. The molecule has 0 aromatic carbocycles. The van der Waals surface area contributed by atoms with Gasteiger partial charge in [-0.1, -0.05) is 24.9 Å². The molecule has 1 aromatic heterocycles. The van der Waals surface area contributed by atoms with E-state index in [0.29, 0.717) is 12.8 Å². The Bertz CT molecular complexity index is 408. The highest BCUT2D eigenvalue weighted by Crippen LogP contribution is 2.03. The third-order valence-electron chi connectivity index (χ3n) is 2.03. The summed E-state index contributed by atoms with van der Waals surface area (Å²) in [6, 6.07) is -0.912. The van der Waals surface area contributed by atoms with Gasteiger partial charge in [0.1, 0.15) is 16.9 Å². The maximum Gasteiger partial charge on any atom is 0.326 e. The molecular weight excluding hydrogens is 246 g/mol. The maximum atomic E-state index is 11.6. The van der Waals surface area contributed by atoms with Gasteiger partial charge in [-0.05, 0) is 6.42 Å². The molecule has 0 aliphatic carbocycles. The summed E-state index contributed by atoms with van der Waals surface area (Å²) in [5.74, 6) is -1.64. The molecule has 0 unspecified atom stereocenters. The fraction of sp³-hybridized carbons (Fsp3) is 0.400. The molecule has 1 rings (SSSR count). The van der Waals surface area contributed by atoms with Crippen molar-refractivity contribution in [3.63, 3.8) is 0 Å². The minimum Gasteiger partial charge on any atom is -0.480 e. The number of carbonyl (C=O) groups is 2. The van der Waals surface area contributed by atoms with E-state index in [2.05, 4.69) is 15.3 Å². The standard InChI is InChI=1S/C10H12ClN3O3/c1-2-3-6(10(16)17)14-9(15)7-4-13-8(11)5-12-7/h4-6H,2-3H2,1H3,(H,14,15)(H,16,17)/t6-/m1/s1. The molecule has 0 saturated heterocycles. The Hall–Kier alpha value is -1.69. The number of nitrogens with zero attached hydrogens (tertiary/aromatic N) is 2. The van der Waals surface area contributed by atoms with Crippen molar-refractivity contribution in [2.24, 2.45) is 0 Å². The number of amides is 1. The lowest BCUT2D eigenvalue weighted by Crippen LogP contribution is -2.41. The van der Waals surface area contributed by atoms with Gasteiger partial charge >= 0.3 is 5.97 Å². The molecule has 7 heteroatoms. The van der Waals surface area contributed by atoms with E-state index in [0.717, 1.165) is 0 Å². The van der Waals surface area contributed by atoms with Crippen molar-refractivity contribution in [1.29, 1.82) is 0 Å². The molecule has 1 amide bonds. The van der Waals surface area contributed by atoms with Crippen LogP contribution in [-0.4, -0.2) is 33.0 Å². The van der Waals surface area contributed by atoms with Gasteiger partial charge in [0.05, 0.1) is 12.4 Å². The Balaban J connectivity index is 2.70. The summed E-state index contributed by atoms with van der Waals surface area (Å²) in [4.78, 5) is 29.9. The van der Waals surface area contributed by atoms with Crippen molar-refractivity contribution in [2.45, 2.75) is 25.8 Å². The van der Waals surface area contributed by atoms with Gasteiger partial charge in [-0.3, -0.25) is 4.79 Å². The van der Waals surface area contributed by atoms with Crippen LogP contribution >= 0.6 is 11.6 Å². The molecule has 0 spiro atoms. The second-order valence-electron chi connectivity index (χ2n) is 3.38. The number of hydrogen-bond donors (Lipinski definition) is 2. The Kier molecular flexibility index (Phi) is 4.84. The van der Waals surface area contributed by atoms with Crippen molar-refractivity contribution < 1.29 is 14.7 Å². The molecule has 6 nitrogen and oxygen atoms in total. The molecule has 0 radical (unpaired) electrons. The monoisotopic (exact) mass is 257 g/mol. The topological polar surface area (TPSA) is 92.2 Å². The van der Waals surface area contributed by atoms with Gasteiger partial charge in [-0.2, -0.15) is 0 Å². The second kappa shape index (κ2) is 6.15. The number of nitrogens with one attached hydrogen (secondary N) is 1. The number of rotatable bonds is 5. The number of aliphatic carboxylic acids is 1. The first-order chi connectivity index (χ1) is 8.04. The molecule has 0 saturated carbocycles. The molecule has 0 fully saturated rings. The van der Waals surface area contributed by atoms with Gasteiger partial charge in [0, 0.05) is 0 Å². The molecule has 17 heavy (non-hydrogen) atoms. The van der Waals surface area contributed by atoms with Crippen LogP contribution in [0.25, 0.3) is 0 Å². The lowest BCUT2D eigenvalue weighted by atomic mass is 10.1. The Labute approximate surface area is 103 Å². The number of carboxylic acid groups (broad SMARTS) is 1. The molecular formula is C10H12ClN3O3. The largest absolute Gasteiger partial charge is 0.480 e. The zero-order valence-electron chi connectivity index (χ0n) is 9.18. The van der Waals surface area contributed by atoms with Gasteiger partial charge in [-0.15, -0.1) is 0 Å². The summed E-state index contributed by atoms with van der Waals surface area (Å²) >= 11 is 5.52. The molecule has 1 atom stereocenters. The van der Waals surface area contributed by atoms with E-state index in [1.54, 1.807) is 0 Å². The van der Waals surface area contributed by atoms with Crippen LogP contribution in [0.1, 0.15) is 30.3 Å². The van der Waals surface area contributed by atoms with E-state index in [1.807, 2.05) is 6.92 Å². The third-order valence-corrected chi connectivity index (χ3v) is 2.23. The van der Waals surface area contributed by atoms with Crippen molar-refractivity contribution in [2.75, 3.05) is 0 Å². The lowest BCUT2D eigenvalue weighted by Gasteiger charge is -2.12. The lowest BCUT2D eigenvalue weighted by molar-refractivity contribution is -0.139. The third kappa shape index (κ3) is 3.99. The summed E-state index contributed by atoms with van der Waals surface area (Å²) in [6.07, 6.45) is 3.44. The van der Waals surface area contributed by atoms with E-state index in [1.165, 1.54) is 12.4 Å². The number of aromatic nitrogens is 2.